The molecule has 3 aromatic rings. The second kappa shape index (κ2) is 5.67. The van der Waals surface area contributed by atoms with Crippen molar-refractivity contribution >= 4 is 16.6 Å². The predicted octanol–water partition coefficient (Wildman–Crippen LogP) is 2.99. The Balaban J connectivity index is 1.87. The van der Waals surface area contributed by atoms with Crippen molar-refractivity contribution in [2.45, 2.75) is 19.0 Å². The third-order valence-electron chi connectivity index (χ3n) is 4.75. The first kappa shape index (κ1) is 14.8. The van der Waals surface area contributed by atoms with Gasteiger partial charge in [0, 0.05) is 19.3 Å². The van der Waals surface area contributed by atoms with Crippen LogP contribution in [-0.4, -0.2) is 23.7 Å². The highest BCUT2D eigenvalue weighted by Gasteiger charge is 2.30. The van der Waals surface area contributed by atoms with E-state index in [1.165, 1.54) is 0 Å². The monoisotopic (exact) mass is 321 g/mol. The lowest BCUT2D eigenvalue weighted by Gasteiger charge is -2.26. The van der Waals surface area contributed by atoms with Gasteiger partial charge in [-0.2, -0.15) is 0 Å². The molecule has 0 saturated heterocycles. The van der Waals surface area contributed by atoms with Gasteiger partial charge in [0.2, 0.25) is 0 Å². The molecule has 5 heteroatoms. The Labute approximate surface area is 140 Å². The lowest BCUT2D eigenvalue weighted by atomic mass is 10.1. The zero-order valence-corrected chi connectivity index (χ0v) is 13.8. The van der Waals surface area contributed by atoms with Crippen LogP contribution in [0.25, 0.3) is 10.9 Å². The molecule has 122 valence electrons. The van der Waals surface area contributed by atoms with E-state index in [9.17, 15) is 4.79 Å². The number of ether oxygens (including phenoxy) is 1. The van der Waals surface area contributed by atoms with Crippen LogP contribution in [0, 0.1) is 0 Å². The first-order valence-electron chi connectivity index (χ1n) is 8.06. The Kier molecular flexibility index (Phi) is 3.49. The summed E-state index contributed by atoms with van der Waals surface area (Å²) in [5.41, 5.74) is 1.77. The minimum atomic E-state index is 0.0119. The molecule has 0 amide bonds. The average Bonchev–Trinajstić information content (AvgIpc) is 3.06. The number of anilines is 1. The SMILES string of the molecule is COc1cccc2c(=O)n3c(nc12)C(N(C)c1ccccc1)CC3. The first-order valence-corrected chi connectivity index (χ1v) is 8.06. The molecule has 0 N–H and O–H groups in total. The highest BCUT2D eigenvalue weighted by atomic mass is 16.5. The number of para-hydroxylation sites is 2. The fourth-order valence-electron chi connectivity index (χ4n) is 3.46. The minimum Gasteiger partial charge on any atom is -0.494 e. The van der Waals surface area contributed by atoms with Gasteiger partial charge in [-0.3, -0.25) is 9.36 Å². The van der Waals surface area contributed by atoms with Crippen LogP contribution in [0.2, 0.25) is 0 Å². The van der Waals surface area contributed by atoms with E-state index in [0.29, 0.717) is 23.2 Å². The van der Waals surface area contributed by atoms with Crippen molar-refractivity contribution in [1.82, 2.24) is 9.55 Å². The number of hydrogen-bond donors (Lipinski definition) is 0. The van der Waals surface area contributed by atoms with Crippen LogP contribution in [0.1, 0.15) is 18.3 Å². The zero-order chi connectivity index (χ0) is 16.7. The number of benzene rings is 2. The highest BCUT2D eigenvalue weighted by molar-refractivity contribution is 5.83. The lowest BCUT2D eigenvalue weighted by molar-refractivity contribution is 0.418. The first-order chi connectivity index (χ1) is 11.7. The molecule has 0 spiro atoms. The molecule has 1 aliphatic heterocycles. The molecule has 1 aliphatic rings. The molecule has 5 nitrogen and oxygen atoms in total. The van der Waals surface area contributed by atoms with E-state index in [0.717, 1.165) is 17.9 Å². The van der Waals surface area contributed by atoms with Crippen molar-refractivity contribution in [2.24, 2.45) is 0 Å². The third-order valence-corrected chi connectivity index (χ3v) is 4.75. The quantitative estimate of drug-likeness (QED) is 0.744. The highest BCUT2D eigenvalue weighted by Crippen LogP contribution is 2.33. The summed E-state index contributed by atoms with van der Waals surface area (Å²) in [6, 6.07) is 15.8. The molecule has 1 unspecified atom stereocenters. The smallest absolute Gasteiger partial charge is 0.261 e. The summed E-state index contributed by atoms with van der Waals surface area (Å²) in [4.78, 5) is 19.8. The number of fused-ring (bicyclic) bond motifs is 2. The molecule has 4 rings (SSSR count). The molecule has 24 heavy (non-hydrogen) atoms. The van der Waals surface area contributed by atoms with E-state index in [2.05, 4.69) is 17.0 Å². The number of nitrogens with zero attached hydrogens (tertiary/aromatic N) is 3. The van der Waals surface area contributed by atoms with Crippen molar-refractivity contribution in [2.75, 3.05) is 19.1 Å². The summed E-state index contributed by atoms with van der Waals surface area (Å²) in [5.74, 6) is 1.45. The van der Waals surface area contributed by atoms with Gasteiger partial charge in [0.05, 0.1) is 18.5 Å². The predicted molar refractivity (Wildman–Crippen MR) is 94.8 cm³/mol. The maximum Gasteiger partial charge on any atom is 0.261 e. The van der Waals surface area contributed by atoms with Gasteiger partial charge < -0.3 is 9.64 Å². The lowest BCUT2D eigenvalue weighted by Crippen LogP contribution is -2.26. The van der Waals surface area contributed by atoms with Gasteiger partial charge in [0.25, 0.3) is 5.56 Å². The molecule has 2 aromatic carbocycles. The van der Waals surface area contributed by atoms with Crippen LogP contribution >= 0.6 is 0 Å². The van der Waals surface area contributed by atoms with E-state index < -0.39 is 0 Å². The molecule has 0 radical (unpaired) electrons. The van der Waals surface area contributed by atoms with E-state index >= 15 is 0 Å². The van der Waals surface area contributed by atoms with E-state index in [4.69, 9.17) is 9.72 Å². The minimum absolute atomic E-state index is 0.0119. The second-order valence-electron chi connectivity index (χ2n) is 6.03. The van der Waals surface area contributed by atoms with Gasteiger partial charge in [0.1, 0.15) is 17.1 Å². The summed E-state index contributed by atoms with van der Waals surface area (Å²) in [6.07, 6.45) is 0.867. The van der Waals surface area contributed by atoms with Gasteiger partial charge >= 0.3 is 0 Å². The maximum absolute atomic E-state index is 12.8. The Hall–Kier alpha value is -2.82. The van der Waals surface area contributed by atoms with Crippen molar-refractivity contribution < 1.29 is 4.74 Å². The van der Waals surface area contributed by atoms with Crippen LogP contribution in [0.4, 0.5) is 5.69 Å². The summed E-state index contributed by atoms with van der Waals surface area (Å²) < 4.78 is 7.20. The average molecular weight is 321 g/mol. The molecule has 2 heterocycles. The fourth-order valence-corrected chi connectivity index (χ4v) is 3.46. The Morgan fingerprint density at radius 2 is 1.96 bits per heavy atom. The molecule has 0 bridgehead atoms. The topological polar surface area (TPSA) is 47.4 Å². The standard InChI is InChI=1S/C19H19N3O2/c1-21(13-7-4-3-5-8-13)15-11-12-22-18(15)20-17-14(19(22)23)9-6-10-16(17)24-2/h3-10,15H,11-12H2,1-2H3. The van der Waals surface area contributed by atoms with Crippen molar-refractivity contribution in [3.8, 4) is 5.75 Å². The van der Waals surface area contributed by atoms with Crippen LogP contribution in [0.3, 0.4) is 0 Å². The van der Waals surface area contributed by atoms with Gasteiger partial charge in [-0.25, -0.2) is 4.98 Å². The van der Waals surface area contributed by atoms with E-state index in [-0.39, 0.29) is 11.6 Å². The summed E-state index contributed by atoms with van der Waals surface area (Å²) in [7, 11) is 3.66. The Morgan fingerprint density at radius 3 is 2.71 bits per heavy atom. The van der Waals surface area contributed by atoms with Crippen LogP contribution in [-0.2, 0) is 6.54 Å². The van der Waals surface area contributed by atoms with Gasteiger partial charge in [-0.05, 0) is 30.7 Å². The number of methoxy groups -OCH3 is 1. The van der Waals surface area contributed by atoms with Gasteiger partial charge in [-0.15, -0.1) is 0 Å². The van der Waals surface area contributed by atoms with Gasteiger partial charge in [-0.1, -0.05) is 24.3 Å². The van der Waals surface area contributed by atoms with Crippen LogP contribution in [0.5, 0.6) is 5.75 Å². The number of aromatic nitrogens is 2. The molecule has 1 atom stereocenters. The Bertz CT molecular complexity index is 950. The largest absolute Gasteiger partial charge is 0.494 e. The van der Waals surface area contributed by atoms with Crippen molar-refractivity contribution in [3.05, 3.63) is 64.7 Å². The molecule has 0 fully saturated rings. The van der Waals surface area contributed by atoms with Crippen molar-refractivity contribution in [3.63, 3.8) is 0 Å². The van der Waals surface area contributed by atoms with Gasteiger partial charge in [0.15, 0.2) is 0 Å². The fraction of sp³-hybridized carbons (Fsp3) is 0.263. The molecule has 0 saturated carbocycles. The maximum atomic E-state index is 12.8. The van der Waals surface area contributed by atoms with E-state index in [1.807, 2.05) is 43.4 Å². The van der Waals surface area contributed by atoms with Crippen LogP contribution in [0.15, 0.2) is 53.3 Å². The molecule has 1 aromatic heterocycles. The summed E-state index contributed by atoms with van der Waals surface area (Å²) in [6.45, 7) is 0.691. The third kappa shape index (κ3) is 2.16. The zero-order valence-electron chi connectivity index (χ0n) is 13.8. The number of hydrogen-bond acceptors (Lipinski definition) is 4. The summed E-state index contributed by atoms with van der Waals surface area (Å²) >= 11 is 0. The normalized spacial score (nSPS) is 16.2. The molecular formula is C19H19N3O2. The molecule has 0 aliphatic carbocycles. The van der Waals surface area contributed by atoms with Crippen LogP contribution < -0.4 is 15.2 Å². The summed E-state index contributed by atoms with van der Waals surface area (Å²) in [5, 5.41) is 0.612. The second-order valence-corrected chi connectivity index (χ2v) is 6.03. The Morgan fingerprint density at radius 1 is 1.17 bits per heavy atom. The number of rotatable bonds is 3. The molecular weight excluding hydrogens is 302 g/mol. The van der Waals surface area contributed by atoms with Crippen molar-refractivity contribution in [1.29, 1.82) is 0 Å². The van der Waals surface area contributed by atoms with E-state index in [1.54, 1.807) is 11.7 Å².